The molecule has 2 aromatic rings. The van der Waals surface area contributed by atoms with Crippen LogP contribution in [-0.4, -0.2) is 22.7 Å². The molecule has 3 nitrogen and oxygen atoms in total. The molecule has 2 rings (SSSR count). The van der Waals surface area contributed by atoms with Crippen molar-refractivity contribution in [1.29, 1.82) is 0 Å². The Bertz CT molecular complexity index is 736. The molecule has 1 heterocycles. The van der Waals surface area contributed by atoms with Crippen molar-refractivity contribution in [3.8, 4) is 17.1 Å². The number of nitrogens with zero attached hydrogens (tertiary/aromatic N) is 2. The zero-order valence-corrected chi connectivity index (χ0v) is 17.4. The van der Waals surface area contributed by atoms with E-state index in [1.54, 1.807) is 0 Å². The molecule has 160 valence electrons. The normalized spacial score (nSPS) is 12.2. The molecule has 1 unspecified atom stereocenters. The highest BCUT2D eigenvalue weighted by molar-refractivity contribution is 5.57. The lowest BCUT2D eigenvalue weighted by Crippen LogP contribution is -2.02. The Morgan fingerprint density at radius 1 is 0.931 bits per heavy atom. The molecule has 0 saturated heterocycles. The molecule has 0 bridgehead atoms. The summed E-state index contributed by atoms with van der Waals surface area (Å²) >= 11 is 0. The summed E-state index contributed by atoms with van der Waals surface area (Å²) < 4.78 is 47.3. The maximum Gasteiger partial charge on any atom is 0.170 e. The monoisotopic (exact) mass is 408 g/mol. The zero-order chi connectivity index (χ0) is 21.1. The van der Waals surface area contributed by atoms with E-state index in [4.69, 9.17) is 4.74 Å². The van der Waals surface area contributed by atoms with Gasteiger partial charge in [0.2, 0.25) is 0 Å². The summed E-state index contributed by atoms with van der Waals surface area (Å²) in [6, 6.07) is 2.99. The first-order valence-corrected chi connectivity index (χ1v) is 10.6. The Morgan fingerprint density at radius 2 is 1.62 bits per heavy atom. The SMILES string of the molecule is CCCCCCCCOc1cnc(-c2ccc(CCCC(C)F)c(F)c2F)nc1. The van der Waals surface area contributed by atoms with Crippen LogP contribution >= 0.6 is 0 Å². The lowest BCUT2D eigenvalue weighted by Gasteiger charge is -2.09. The van der Waals surface area contributed by atoms with Gasteiger partial charge in [0.1, 0.15) is 0 Å². The molecule has 29 heavy (non-hydrogen) atoms. The Kier molecular flexibility index (Phi) is 9.95. The van der Waals surface area contributed by atoms with Gasteiger partial charge in [0.05, 0.1) is 30.7 Å². The van der Waals surface area contributed by atoms with E-state index in [-0.39, 0.29) is 17.0 Å². The zero-order valence-electron chi connectivity index (χ0n) is 17.4. The van der Waals surface area contributed by atoms with Gasteiger partial charge in [0, 0.05) is 0 Å². The van der Waals surface area contributed by atoms with Crippen LogP contribution in [0, 0.1) is 11.6 Å². The topological polar surface area (TPSA) is 35.0 Å². The van der Waals surface area contributed by atoms with Gasteiger partial charge in [-0.3, -0.25) is 0 Å². The van der Waals surface area contributed by atoms with Crippen molar-refractivity contribution < 1.29 is 17.9 Å². The van der Waals surface area contributed by atoms with Gasteiger partial charge in [-0.2, -0.15) is 0 Å². The predicted molar refractivity (Wildman–Crippen MR) is 110 cm³/mol. The van der Waals surface area contributed by atoms with Crippen molar-refractivity contribution in [3.05, 3.63) is 41.7 Å². The molecule has 0 aliphatic rings. The molecule has 6 heteroatoms. The van der Waals surface area contributed by atoms with Gasteiger partial charge in [-0.05, 0) is 44.2 Å². The van der Waals surface area contributed by atoms with Crippen LogP contribution in [0.2, 0.25) is 0 Å². The van der Waals surface area contributed by atoms with Gasteiger partial charge in [0.15, 0.2) is 23.2 Å². The summed E-state index contributed by atoms with van der Waals surface area (Å²) in [7, 11) is 0. The number of alkyl halides is 1. The summed E-state index contributed by atoms with van der Waals surface area (Å²) in [5.74, 6) is -1.27. The number of unbranched alkanes of at least 4 members (excludes halogenated alkanes) is 5. The minimum Gasteiger partial charge on any atom is -0.490 e. The fourth-order valence-electron chi connectivity index (χ4n) is 3.13. The molecule has 0 radical (unpaired) electrons. The van der Waals surface area contributed by atoms with Crippen LogP contribution in [-0.2, 0) is 6.42 Å². The minimum absolute atomic E-state index is 0.00702. The van der Waals surface area contributed by atoms with Crippen LogP contribution in [0.3, 0.4) is 0 Å². The van der Waals surface area contributed by atoms with Gasteiger partial charge >= 0.3 is 0 Å². The lowest BCUT2D eigenvalue weighted by molar-refractivity contribution is 0.302. The molecular weight excluding hydrogens is 377 g/mol. The Morgan fingerprint density at radius 3 is 2.31 bits per heavy atom. The second-order valence-corrected chi connectivity index (χ2v) is 7.43. The number of aromatic nitrogens is 2. The first kappa shape index (κ1) is 23.2. The standard InChI is InChI=1S/C23H31F3N2O/c1-3-4-5-6-7-8-14-29-19-15-27-23(28-16-19)20-13-12-18(21(25)22(20)26)11-9-10-17(2)24/h12-13,15-17H,3-11,14H2,1-2H3. The molecular formula is C23H31F3N2O. The summed E-state index contributed by atoms with van der Waals surface area (Å²) in [5.41, 5.74) is 0.248. The van der Waals surface area contributed by atoms with E-state index in [1.165, 1.54) is 57.1 Å². The fraction of sp³-hybridized carbons (Fsp3) is 0.565. The number of aryl methyl sites for hydroxylation is 1. The molecule has 1 aromatic carbocycles. The summed E-state index contributed by atoms with van der Waals surface area (Å²) in [6.07, 6.45) is 10.2. The molecule has 0 aliphatic carbocycles. The molecule has 0 spiro atoms. The van der Waals surface area contributed by atoms with Crippen LogP contribution < -0.4 is 4.74 Å². The first-order valence-electron chi connectivity index (χ1n) is 10.6. The van der Waals surface area contributed by atoms with E-state index in [0.29, 0.717) is 31.6 Å². The number of benzene rings is 1. The minimum atomic E-state index is -0.975. The van der Waals surface area contributed by atoms with Crippen molar-refractivity contribution in [3.63, 3.8) is 0 Å². The molecule has 1 aromatic heterocycles. The highest BCUT2D eigenvalue weighted by Crippen LogP contribution is 2.25. The summed E-state index contributed by atoms with van der Waals surface area (Å²) in [4.78, 5) is 8.23. The number of rotatable bonds is 13. The van der Waals surface area contributed by atoms with Gasteiger partial charge < -0.3 is 4.74 Å². The van der Waals surface area contributed by atoms with Crippen LogP contribution in [0.1, 0.15) is 70.8 Å². The van der Waals surface area contributed by atoms with E-state index >= 15 is 0 Å². The van der Waals surface area contributed by atoms with E-state index in [1.807, 2.05) is 0 Å². The van der Waals surface area contributed by atoms with Gasteiger partial charge in [0.25, 0.3) is 0 Å². The molecule has 0 fully saturated rings. The van der Waals surface area contributed by atoms with Crippen molar-refractivity contribution in [2.24, 2.45) is 0 Å². The molecule has 0 amide bonds. The van der Waals surface area contributed by atoms with Crippen LogP contribution in [0.15, 0.2) is 24.5 Å². The number of ether oxygens (including phenoxy) is 1. The van der Waals surface area contributed by atoms with Crippen LogP contribution in [0.5, 0.6) is 5.75 Å². The molecule has 0 saturated carbocycles. The maximum absolute atomic E-state index is 14.4. The van der Waals surface area contributed by atoms with Crippen molar-refractivity contribution >= 4 is 0 Å². The molecule has 1 atom stereocenters. The molecule has 0 N–H and O–H groups in total. The van der Waals surface area contributed by atoms with Crippen molar-refractivity contribution in [1.82, 2.24) is 9.97 Å². The molecule has 0 aliphatic heterocycles. The van der Waals surface area contributed by atoms with Crippen molar-refractivity contribution in [2.45, 2.75) is 77.8 Å². The first-order chi connectivity index (χ1) is 14.0. The van der Waals surface area contributed by atoms with Crippen LogP contribution in [0.25, 0.3) is 11.4 Å². The average molecular weight is 409 g/mol. The highest BCUT2D eigenvalue weighted by Gasteiger charge is 2.16. The maximum atomic E-state index is 14.4. The number of halogens is 3. The predicted octanol–water partition coefficient (Wildman–Crippen LogP) is 6.84. The Labute approximate surface area is 171 Å². The summed E-state index contributed by atoms with van der Waals surface area (Å²) in [5, 5.41) is 0. The Balaban J connectivity index is 1.89. The third-order valence-corrected chi connectivity index (χ3v) is 4.85. The second-order valence-electron chi connectivity index (χ2n) is 7.43. The van der Waals surface area contributed by atoms with Gasteiger partial charge in [-0.15, -0.1) is 0 Å². The quantitative estimate of drug-likeness (QED) is 0.340. The van der Waals surface area contributed by atoms with Crippen molar-refractivity contribution in [2.75, 3.05) is 6.61 Å². The van der Waals surface area contributed by atoms with Crippen LogP contribution in [0.4, 0.5) is 13.2 Å². The second kappa shape index (κ2) is 12.5. The number of hydrogen-bond acceptors (Lipinski definition) is 3. The van der Waals surface area contributed by atoms with E-state index in [9.17, 15) is 13.2 Å². The Hall–Kier alpha value is -2.11. The van der Waals surface area contributed by atoms with E-state index in [0.717, 1.165) is 12.8 Å². The van der Waals surface area contributed by atoms with Gasteiger partial charge in [-0.25, -0.2) is 23.1 Å². The average Bonchev–Trinajstić information content (AvgIpc) is 2.71. The lowest BCUT2D eigenvalue weighted by atomic mass is 10.0. The summed E-state index contributed by atoms with van der Waals surface area (Å²) in [6.45, 7) is 4.24. The number of hydrogen-bond donors (Lipinski definition) is 0. The van der Waals surface area contributed by atoms with Gasteiger partial charge in [-0.1, -0.05) is 45.1 Å². The fourth-order valence-corrected chi connectivity index (χ4v) is 3.13. The third kappa shape index (κ3) is 7.67. The third-order valence-electron chi connectivity index (χ3n) is 4.85. The highest BCUT2D eigenvalue weighted by atomic mass is 19.2. The van der Waals surface area contributed by atoms with E-state index in [2.05, 4.69) is 16.9 Å². The van der Waals surface area contributed by atoms with E-state index < -0.39 is 17.8 Å². The largest absolute Gasteiger partial charge is 0.490 e. The smallest absolute Gasteiger partial charge is 0.170 e.